The van der Waals surface area contributed by atoms with Gasteiger partial charge in [-0.3, -0.25) is 0 Å². The maximum atomic E-state index is 5.19. The first-order valence-corrected chi connectivity index (χ1v) is 21.5. The second-order valence-electron chi connectivity index (χ2n) is 16.3. The summed E-state index contributed by atoms with van der Waals surface area (Å²) in [6.07, 6.45) is 0. The molecule has 1 aliphatic carbocycles. The third kappa shape index (κ3) is 6.01. The van der Waals surface area contributed by atoms with E-state index >= 15 is 0 Å². The zero-order valence-electron chi connectivity index (χ0n) is 34.4. The Labute approximate surface area is 366 Å². The zero-order chi connectivity index (χ0) is 41.7. The van der Waals surface area contributed by atoms with Crippen LogP contribution in [0.15, 0.2) is 237 Å². The highest BCUT2D eigenvalue weighted by Gasteiger charge is 2.48. The van der Waals surface area contributed by atoms with Crippen LogP contribution in [0.1, 0.15) is 22.3 Å². The van der Waals surface area contributed by atoms with Crippen LogP contribution in [0.4, 0.5) is 0 Å². The smallest absolute Gasteiger partial charge is 0.164 e. The van der Waals surface area contributed by atoms with Gasteiger partial charge in [0, 0.05) is 16.7 Å². The van der Waals surface area contributed by atoms with Gasteiger partial charge >= 0.3 is 0 Å². The lowest BCUT2D eigenvalue weighted by Gasteiger charge is -2.35. The quantitative estimate of drug-likeness (QED) is 0.151. The van der Waals surface area contributed by atoms with Gasteiger partial charge in [0.1, 0.15) is 0 Å². The second kappa shape index (κ2) is 15.0. The van der Waals surface area contributed by atoms with Gasteiger partial charge in [0.2, 0.25) is 0 Å². The summed E-state index contributed by atoms with van der Waals surface area (Å²) >= 11 is 0. The average Bonchev–Trinajstić information content (AvgIpc) is 3.69. The SMILES string of the molecule is c1ccc(-c2ccc(-c3nc(-c4ccc(-c5ccccc5)cc4)nc(-c4ccc(C5(c6ccccc6)c6ccccc6-c6c5c5ccccc5c5ccccc65)cc4)n3)cc2)cc1. The molecule has 0 saturated carbocycles. The number of rotatable bonds is 7. The van der Waals surface area contributed by atoms with Crippen LogP contribution in [0.25, 0.3) is 89.1 Å². The van der Waals surface area contributed by atoms with Crippen LogP contribution in [0, 0.1) is 0 Å². The molecule has 3 heteroatoms. The summed E-state index contributed by atoms with van der Waals surface area (Å²) in [5.41, 5.74) is 14.4. The molecule has 0 fully saturated rings. The van der Waals surface area contributed by atoms with Crippen molar-refractivity contribution in [1.29, 1.82) is 0 Å². The summed E-state index contributed by atoms with van der Waals surface area (Å²) in [4.78, 5) is 15.5. The van der Waals surface area contributed by atoms with E-state index in [2.05, 4.69) is 224 Å². The van der Waals surface area contributed by atoms with E-state index in [1.807, 2.05) is 12.1 Å². The topological polar surface area (TPSA) is 38.7 Å². The molecule has 0 bridgehead atoms. The summed E-state index contributed by atoms with van der Waals surface area (Å²) in [7, 11) is 0. The van der Waals surface area contributed by atoms with Crippen molar-refractivity contribution in [2.45, 2.75) is 5.41 Å². The van der Waals surface area contributed by atoms with E-state index in [9.17, 15) is 0 Å². The van der Waals surface area contributed by atoms with E-state index in [4.69, 9.17) is 15.0 Å². The summed E-state index contributed by atoms with van der Waals surface area (Å²) < 4.78 is 0. The number of benzene rings is 10. The maximum Gasteiger partial charge on any atom is 0.164 e. The Bertz CT molecular complexity index is 3350. The van der Waals surface area contributed by atoms with Crippen molar-refractivity contribution in [3.8, 4) is 67.5 Å². The molecule has 0 spiro atoms. The van der Waals surface area contributed by atoms with Gasteiger partial charge in [0.05, 0.1) is 5.41 Å². The average molecular weight is 802 g/mol. The Morgan fingerprint density at radius 1 is 0.254 bits per heavy atom. The van der Waals surface area contributed by atoms with E-state index in [0.29, 0.717) is 17.5 Å². The molecule has 0 aliphatic heterocycles. The molecule has 11 aromatic rings. The van der Waals surface area contributed by atoms with Crippen molar-refractivity contribution in [2.75, 3.05) is 0 Å². The Balaban J connectivity index is 1.04. The highest BCUT2D eigenvalue weighted by Crippen LogP contribution is 2.60. The van der Waals surface area contributed by atoms with Crippen molar-refractivity contribution >= 4 is 21.5 Å². The summed E-state index contributed by atoms with van der Waals surface area (Å²) in [6, 6.07) is 84.7. The molecule has 1 heterocycles. The summed E-state index contributed by atoms with van der Waals surface area (Å²) in [5.74, 6) is 1.88. The minimum absolute atomic E-state index is 0.591. The first-order valence-electron chi connectivity index (χ1n) is 21.5. The van der Waals surface area contributed by atoms with E-state index in [0.717, 1.165) is 27.8 Å². The molecular weight excluding hydrogens is 763 g/mol. The Kier molecular flexibility index (Phi) is 8.72. The summed E-state index contributed by atoms with van der Waals surface area (Å²) in [5, 5.41) is 5.06. The molecule has 294 valence electrons. The van der Waals surface area contributed by atoms with Crippen molar-refractivity contribution in [2.24, 2.45) is 0 Å². The zero-order valence-corrected chi connectivity index (χ0v) is 34.4. The maximum absolute atomic E-state index is 5.19. The first-order chi connectivity index (χ1) is 31.2. The molecule has 0 saturated heterocycles. The third-order valence-corrected chi connectivity index (χ3v) is 12.8. The van der Waals surface area contributed by atoms with E-state index in [-0.39, 0.29) is 0 Å². The van der Waals surface area contributed by atoms with Crippen molar-refractivity contribution in [3.05, 3.63) is 259 Å². The molecule has 63 heavy (non-hydrogen) atoms. The van der Waals surface area contributed by atoms with Crippen molar-refractivity contribution < 1.29 is 0 Å². The number of aromatic nitrogens is 3. The Hall–Kier alpha value is -8.27. The third-order valence-electron chi connectivity index (χ3n) is 12.8. The van der Waals surface area contributed by atoms with Gasteiger partial charge < -0.3 is 0 Å². The van der Waals surface area contributed by atoms with E-state index in [1.54, 1.807) is 0 Å². The molecule has 1 aliphatic rings. The largest absolute Gasteiger partial charge is 0.208 e. The number of fused-ring (bicyclic) bond motifs is 8. The van der Waals surface area contributed by atoms with E-state index < -0.39 is 5.41 Å². The molecule has 0 radical (unpaired) electrons. The second-order valence-corrected chi connectivity index (χ2v) is 16.3. The molecule has 3 nitrogen and oxygen atoms in total. The predicted molar refractivity (Wildman–Crippen MR) is 259 cm³/mol. The molecule has 1 atom stereocenters. The fourth-order valence-electron chi connectivity index (χ4n) is 9.95. The van der Waals surface area contributed by atoms with Gasteiger partial charge in [-0.15, -0.1) is 0 Å². The monoisotopic (exact) mass is 801 g/mol. The highest BCUT2D eigenvalue weighted by atomic mass is 15.0. The number of nitrogens with zero attached hydrogens (tertiary/aromatic N) is 3. The molecular formula is C60H39N3. The van der Waals surface area contributed by atoms with Crippen LogP contribution >= 0.6 is 0 Å². The molecule has 0 amide bonds. The lowest BCUT2D eigenvalue weighted by atomic mass is 9.66. The van der Waals surface area contributed by atoms with Crippen LogP contribution < -0.4 is 0 Å². The van der Waals surface area contributed by atoms with E-state index in [1.165, 1.54) is 66.1 Å². The van der Waals surface area contributed by atoms with Crippen LogP contribution in [0.2, 0.25) is 0 Å². The Morgan fingerprint density at radius 2 is 0.603 bits per heavy atom. The van der Waals surface area contributed by atoms with Crippen LogP contribution in [-0.4, -0.2) is 15.0 Å². The lowest BCUT2D eigenvalue weighted by molar-refractivity contribution is 0.776. The number of hydrogen-bond acceptors (Lipinski definition) is 3. The van der Waals surface area contributed by atoms with Gasteiger partial charge in [0.15, 0.2) is 17.5 Å². The van der Waals surface area contributed by atoms with Gasteiger partial charge in [-0.25, -0.2) is 15.0 Å². The lowest BCUT2D eigenvalue weighted by Crippen LogP contribution is -2.28. The summed E-state index contributed by atoms with van der Waals surface area (Å²) in [6.45, 7) is 0. The van der Waals surface area contributed by atoms with Crippen LogP contribution in [-0.2, 0) is 5.41 Å². The van der Waals surface area contributed by atoms with Gasteiger partial charge in [-0.05, 0) is 77.2 Å². The predicted octanol–water partition coefficient (Wildman–Crippen LogP) is 14.9. The minimum Gasteiger partial charge on any atom is -0.208 e. The highest BCUT2D eigenvalue weighted by molar-refractivity contribution is 6.19. The van der Waals surface area contributed by atoms with Gasteiger partial charge in [0.25, 0.3) is 0 Å². The molecule has 1 unspecified atom stereocenters. The van der Waals surface area contributed by atoms with Crippen molar-refractivity contribution in [1.82, 2.24) is 15.0 Å². The molecule has 10 aromatic carbocycles. The normalized spacial score (nSPS) is 14.1. The van der Waals surface area contributed by atoms with Crippen LogP contribution in [0.3, 0.4) is 0 Å². The minimum atomic E-state index is -0.591. The van der Waals surface area contributed by atoms with Gasteiger partial charge in [-0.1, -0.05) is 237 Å². The fraction of sp³-hybridized carbons (Fsp3) is 0.0167. The first kappa shape index (κ1) is 36.6. The molecule has 0 N–H and O–H groups in total. The number of hydrogen-bond donors (Lipinski definition) is 0. The van der Waals surface area contributed by atoms with Crippen LogP contribution in [0.5, 0.6) is 0 Å². The standard InChI is InChI=1S/C60H39N3/c1-4-16-40(17-5-1)42-28-32-44(33-29-42)57-61-58(45-34-30-43(31-35-45)41-18-6-2-7-19-41)63-59(62-57)46-36-38-48(39-37-46)60(47-20-8-3-9-21-47)54-27-15-14-26-53(54)55-51-24-12-10-22-49(51)50-23-11-13-25-52(50)56(55)60/h1-39H. The van der Waals surface area contributed by atoms with Crippen molar-refractivity contribution in [3.63, 3.8) is 0 Å². The van der Waals surface area contributed by atoms with Gasteiger partial charge in [-0.2, -0.15) is 0 Å². The molecule has 12 rings (SSSR count). The fourth-order valence-corrected chi connectivity index (χ4v) is 9.95. The molecule has 1 aromatic heterocycles. The Morgan fingerprint density at radius 3 is 1.13 bits per heavy atom.